The number of fused-ring (bicyclic) bond motifs is 1. The van der Waals surface area contributed by atoms with Gasteiger partial charge >= 0.3 is 0 Å². The largest absolute Gasteiger partial charge is 0.349 e. The molecule has 0 aliphatic heterocycles. The topological polar surface area (TPSA) is 44.9 Å². The van der Waals surface area contributed by atoms with Crippen LogP contribution in [0.1, 0.15) is 29.0 Å². The molecule has 1 atom stereocenters. The molecule has 3 aromatic rings. The van der Waals surface area contributed by atoms with Crippen LogP contribution in [0.3, 0.4) is 0 Å². The molecule has 0 spiro atoms. The van der Waals surface area contributed by atoms with Crippen molar-refractivity contribution in [1.29, 1.82) is 0 Å². The molecule has 23 heavy (non-hydrogen) atoms. The van der Waals surface area contributed by atoms with E-state index >= 15 is 0 Å². The zero-order valence-corrected chi connectivity index (χ0v) is 12.9. The molecule has 2 N–H and O–H groups in total. The van der Waals surface area contributed by atoms with E-state index in [1.165, 1.54) is 6.07 Å². The fourth-order valence-corrected chi connectivity index (χ4v) is 2.76. The molecule has 0 bridgehead atoms. The summed E-state index contributed by atoms with van der Waals surface area (Å²) in [7, 11) is 0. The van der Waals surface area contributed by atoms with Crippen LogP contribution in [0.15, 0.2) is 42.5 Å². The third-order valence-electron chi connectivity index (χ3n) is 3.65. The van der Waals surface area contributed by atoms with Gasteiger partial charge in [0, 0.05) is 22.5 Å². The molecule has 0 saturated carbocycles. The van der Waals surface area contributed by atoms with Crippen molar-refractivity contribution in [2.75, 3.05) is 0 Å². The number of hydrogen-bond donors (Lipinski definition) is 2. The molecule has 1 amide bonds. The first kappa shape index (κ1) is 15.5. The predicted octanol–water partition coefficient (Wildman–Crippen LogP) is 4.59. The smallest absolute Gasteiger partial charge is 0.269 e. The highest BCUT2D eigenvalue weighted by Crippen LogP contribution is 2.27. The van der Waals surface area contributed by atoms with Gasteiger partial charge in [0.1, 0.15) is 17.3 Å². The Hall–Kier alpha value is -2.40. The fraction of sp³-hybridized carbons (Fsp3) is 0.118. The Morgan fingerprint density at radius 1 is 1.22 bits per heavy atom. The number of nitrogens with one attached hydrogen (secondary N) is 2. The molecule has 0 fully saturated rings. The van der Waals surface area contributed by atoms with Gasteiger partial charge in [0.2, 0.25) is 0 Å². The molecule has 3 rings (SSSR count). The van der Waals surface area contributed by atoms with E-state index in [4.69, 9.17) is 11.6 Å². The van der Waals surface area contributed by atoms with Crippen LogP contribution in [0.4, 0.5) is 8.78 Å². The van der Waals surface area contributed by atoms with E-state index in [2.05, 4.69) is 10.3 Å². The number of aromatic nitrogens is 1. The Morgan fingerprint density at radius 2 is 1.96 bits per heavy atom. The Balaban J connectivity index is 1.86. The van der Waals surface area contributed by atoms with Crippen molar-refractivity contribution in [1.82, 2.24) is 10.3 Å². The highest BCUT2D eigenvalue weighted by Gasteiger charge is 2.20. The minimum atomic E-state index is -0.708. The van der Waals surface area contributed by atoms with Gasteiger partial charge in [-0.15, -0.1) is 0 Å². The van der Waals surface area contributed by atoms with E-state index in [1.807, 2.05) is 12.1 Å². The van der Waals surface area contributed by atoms with Crippen LogP contribution < -0.4 is 5.32 Å². The minimum absolute atomic E-state index is 0.201. The number of amides is 1. The van der Waals surface area contributed by atoms with Gasteiger partial charge in [0.05, 0.1) is 11.1 Å². The van der Waals surface area contributed by atoms with E-state index in [1.54, 1.807) is 19.1 Å². The number of carbonyl (C=O) groups excluding carboxylic acids is 1. The van der Waals surface area contributed by atoms with E-state index in [-0.39, 0.29) is 11.3 Å². The van der Waals surface area contributed by atoms with Crippen molar-refractivity contribution in [2.45, 2.75) is 13.0 Å². The monoisotopic (exact) mass is 334 g/mol. The number of aromatic amines is 1. The van der Waals surface area contributed by atoms with Crippen LogP contribution in [0.5, 0.6) is 0 Å². The van der Waals surface area contributed by atoms with Gasteiger partial charge in [-0.1, -0.05) is 35.9 Å². The van der Waals surface area contributed by atoms with E-state index < -0.39 is 23.6 Å². The Morgan fingerprint density at radius 3 is 2.65 bits per heavy atom. The number of rotatable bonds is 3. The third-order valence-corrected chi connectivity index (χ3v) is 4.04. The molecule has 1 heterocycles. The Labute approximate surface area is 136 Å². The van der Waals surface area contributed by atoms with E-state index in [0.717, 1.165) is 23.0 Å². The van der Waals surface area contributed by atoms with E-state index in [9.17, 15) is 13.6 Å². The summed E-state index contributed by atoms with van der Waals surface area (Å²) >= 11 is 6.22. The summed E-state index contributed by atoms with van der Waals surface area (Å²) in [6.45, 7) is 1.62. The molecular formula is C17H13ClF2N2O. The lowest BCUT2D eigenvalue weighted by molar-refractivity contribution is 0.0935. The van der Waals surface area contributed by atoms with Crippen molar-refractivity contribution >= 4 is 28.4 Å². The second kappa shape index (κ2) is 6.01. The average molecular weight is 335 g/mol. The maximum atomic E-state index is 13.8. The first-order chi connectivity index (χ1) is 11.0. The quantitative estimate of drug-likeness (QED) is 0.723. The van der Waals surface area contributed by atoms with Crippen molar-refractivity contribution in [3.8, 4) is 0 Å². The van der Waals surface area contributed by atoms with Gasteiger partial charge in [0.15, 0.2) is 0 Å². The van der Waals surface area contributed by atoms with Crippen LogP contribution in [-0.2, 0) is 0 Å². The average Bonchev–Trinajstić information content (AvgIpc) is 2.85. The maximum Gasteiger partial charge on any atom is 0.269 e. The van der Waals surface area contributed by atoms with Crippen LogP contribution in [-0.4, -0.2) is 10.9 Å². The fourth-order valence-electron chi connectivity index (χ4n) is 2.46. The van der Waals surface area contributed by atoms with Gasteiger partial charge in [-0.3, -0.25) is 4.79 Å². The lowest BCUT2D eigenvalue weighted by atomic mass is 10.1. The van der Waals surface area contributed by atoms with Gasteiger partial charge in [-0.25, -0.2) is 8.78 Å². The zero-order chi connectivity index (χ0) is 16.6. The zero-order valence-electron chi connectivity index (χ0n) is 12.2. The molecule has 2 aromatic carbocycles. The maximum absolute atomic E-state index is 13.8. The summed E-state index contributed by atoms with van der Waals surface area (Å²) in [5, 5.41) is 3.70. The van der Waals surface area contributed by atoms with Crippen molar-refractivity contribution in [3.05, 3.63) is 70.4 Å². The van der Waals surface area contributed by atoms with Crippen LogP contribution in [0, 0.1) is 11.6 Å². The molecule has 0 radical (unpaired) electrons. The SMILES string of the molecule is C[C@H](NC(=O)c1[nH]c2ccccc2c1Cl)c1ccc(F)cc1F. The molecule has 6 heteroatoms. The van der Waals surface area contributed by atoms with Gasteiger partial charge in [-0.2, -0.15) is 0 Å². The molecule has 0 unspecified atom stereocenters. The normalized spacial score (nSPS) is 12.3. The highest BCUT2D eigenvalue weighted by molar-refractivity contribution is 6.38. The lowest BCUT2D eigenvalue weighted by Gasteiger charge is -2.14. The molecule has 3 nitrogen and oxygen atoms in total. The molecule has 1 aromatic heterocycles. The number of H-pyrrole nitrogens is 1. The third kappa shape index (κ3) is 2.92. The number of halogens is 3. The number of para-hydroxylation sites is 1. The molecule has 0 aliphatic rings. The first-order valence-electron chi connectivity index (χ1n) is 6.99. The molecular weight excluding hydrogens is 322 g/mol. The summed E-state index contributed by atoms with van der Waals surface area (Å²) in [4.78, 5) is 15.3. The Bertz CT molecular complexity index is 891. The van der Waals surface area contributed by atoms with E-state index in [0.29, 0.717) is 5.02 Å². The number of hydrogen-bond acceptors (Lipinski definition) is 1. The number of carbonyl (C=O) groups is 1. The summed E-state index contributed by atoms with van der Waals surface area (Å²) in [5.41, 5.74) is 1.15. The summed E-state index contributed by atoms with van der Waals surface area (Å²) < 4.78 is 26.7. The Kier molecular flexibility index (Phi) is 4.05. The van der Waals surface area contributed by atoms with Crippen molar-refractivity contribution in [3.63, 3.8) is 0 Å². The minimum Gasteiger partial charge on any atom is -0.349 e. The predicted molar refractivity (Wildman–Crippen MR) is 85.5 cm³/mol. The first-order valence-corrected chi connectivity index (χ1v) is 7.37. The second-order valence-corrected chi connectivity index (χ2v) is 5.60. The van der Waals surface area contributed by atoms with Gasteiger partial charge in [-0.05, 0) is 19.1 Å². The number of benzene rings is 2. The lowest BCUT2D eigenvalue weighted by Crippen LogP contribution is -2.27. The standard InChI is InChI=1S/C17H13ClF2N2O/c1-9(11-7-6-10(19)8-13(11)20)21-17(23)16-15(18)12-4-2-3-5-14(12)22-16/h2-9,22H,1H3,(H,21,23)/t9-/m0/s1. The summed E-state index contributed by atoms with van der Waals surface area (Å²) in [6, 6.07) is 9.86. The van der Waals surface area contributed by atoms with Crippen molar-refractivity contribution < 1.29 is 13.6 Å². The summed E-state index contributed by atoms with van der Waals surface area (Å²) in [6.07, 6.45) is 0. The van der Waals surface area contributed by atoms with Gasteiger partial charge < -0.3 is 10.3 Å². The van der Waals surface area contributed by atoms with Crippen LogP contribution in [0.2, 0.25) is 5.02 Å². The molecule has 0 saturated heterocycles. The summed E-state index contributed by atoms with van der Waals surface area (Å²) in [5.74, 6) is -1.83. The molecule has 118 valence electrons. The highest BCUT2D eigenvalue weighted by atomic mass is 35.5. The van der Waals surface area contributed by atoms with Gasteiger partial charge in [0.25, 0.3) is 5.91 Å². The van der Waals surface area contributed by atoms with Crippen LogP contribution in [0.25, 0.3) is 10.9 Å². The van der Waals surface area contributed by atoms with Crippen molar-refractivity contribution in [2.24, 2.45) is 0 Å². The second-order valence-electron chi connectivity index (χ2n) is 5.22. The molecule has 0 aliphatic carbocycles. The van der Waals surface area contributed by atoms with Crippen LogP contribution >= 0.6 is 11.6 Å².